The van der Waals surface area contributed by atoms with E-state index in [1.807, 2.05) is 30.0 Å². The second-order valence-electron chi connectivity index (χ2n) is 6.27. The molecule has 2 saturated heterocycles. The van der Waals surface area contributed by atoms with Crippen LogP contribution in [-0.4, -0.2) is 34.0 Å². The molecular formula is C17H21NO3. The molecule has 3 atom stereocenters. The normalized spacial score (nSPS) is 27.1. The van der Waals surface area contributed by atoms with Crippen LogP contribution in [0.2, 0.25) is 0 Å². The molecule has 2 fully saturated rings. The van der Waals surface area contributed by atoms with E-state index in [9.17, 15) is 14.7 Å². The fourth-order valence-electron chi connectivity index (χ4n) is 3.89. The number of carboxylic acid groups (broad SMARTS) is 1. The van der Waals surface area contributed by atoms with Crippen LogP contribution in [0.25, 0.3) is 0 Å². The lowest BCUT2D eigenvalue weighted by Crippen LogP contribution is -2.37. The van der Waals surface area contributed by atoms with Crippen LogP contribution in [-0.2, 0) is 16.0 Å². The van der Waals surface area contributed by atoms with Gasteiger partial charge < -0.3 is 10.0 Å². The Morgan fingerprint density at radius 3 is 2.81 bits per heavy atom. The summed E-state index contributed by atoms with van der Waals surface area (Å²) in [7, 11) is 0. The number of nitrogens with zero attached hydrogens (tertiary/aromatic N) is 1. The van der Waals surface area contributed by atoms with Gasteiger partial charge in [0.1, 0.15) is 0 Å². The quantitative estimate of drug-likeness (QED) is 0.925. The van der Waals surface area contributed by atoms with Gasteiger partial charge in [-0.1, -0.05) is 29.8 Å². The molecule has 4 nitrogen and oxygen atoms in total. The van der Waals surface area contributed by atoms with Gasteiger partial charge in [0.15, 0.2) is 0 Å². The molecule has 3 unspecified atom stereocenters. The van der Waals surface area contributed by atoms with E-state index < -0.39 is 5.97 Å². The lowest BCUT2D eigenvalue weighted by atomic mass is 9.89. The number of hydrogen-bond donors (Lipinski definition) is 1. The van der Waals surface area contributed by atoms with Crippen LogP contribution < -0.4 is 0 Å². The lowest BCUT2D eigenvalue weighted by molar-refractivity contribution is -0.143. The minimum absolute atomic E-state index is 0.0718. The van der Waals surface area contributed by atoms with Crippen molar-refractivity contribution in [1.29, 1.82) is 0 Å². The molecule has 21 heavy (non-hydrogen) atoms. The molecule has 0 spiro atoms. The van der Waals surface area contributed by atoms with Gasteiger partial charge in [-0.2, -0.15) is 0 Å². The molecule has 2 heterocycles. The van der Waals surface area contributed by atoms with E-state index in [4.69, 9.17) is 0 Å². The maximum atomic E-state index is 12.5. The molecule has 1 aromatic carbocycles. The Morgan fingerprint density at radius 1 is 1.33 bits per heavy atom. The highest BCUT2D eigenvalue weighted by Crippen LogP contribution is 2.42. The number of carboxylic acids is 1. The predicted octanol–water partition coefficient (Wildman–Crippen LogP) is 2.39. The summed E-state index contributed by atoms with van der Waals surface area (Å²) in [5, 5.41) is 9.24. The molecule has 2 aliphatic rings. The van der Waals surface area contributed by atoms with Gasteiger partial charge >= 0.3 is 5.97 Å². The van der Waals surface area contributed by atoms with E-state index in [0.717, 1.165) is 19.3 Å². The van der Waals surface area contributed by atoms with E-state index in [-0.39, 0.29) is 23.9 Å². The number of amides is 1. The minimum Gasteiger partial charge on any atom is -0.481 e. The third-order valence-electron chi connectivity index (χ3n) is 4.85. The Morgan fingerprint density at radius 2 is 2.14 bits per heavy atom. The number of fused-ring (bicyclic) bond motifs is 2. The molecule has 0 radical (unpaired) electrons. The van der Waals surface area contributed by atoms with Gasteiger partial charge in [0.25, 0.3) is 0 Å². The molecular weight excluding hydrogens is 266 g/mol. The molecule has 0 saturated carbocycles. The van der Waals surface area contributed by atoms with E-state index in [1.165, 1.54) is 11.1 Å². The number of rotatable bonds is 4. The van der Waals surface area contributed by atoms with Crippen molar-refractivity contribution >= 4 is 11.9 Å². The van der Waals surface area contributed by atoms with Crippen LogP contribution >= 0.6 is 0 Å². The number of carbonyl (C=O) groups is 2. The molecule has 1 aromatic rings. The van der Waals surface area contributed by atoms with E-state index in [0.29, 0.717) is 12.8 Å². The molecule has 3 rings (SSSR count). The van der Waals surface area contributed by atoms with Crippen LogP contribution in [0.3, 0.4) is 0 Å². The van der Waals surface area contributed by atoms with Gasteiger partial charge in [-0.15, -0.1) is 0 Å². The smallest absolute Gasteiger partial charge is 0.308 e. The number of benzene rings is 1. The first-order chi connectivity index (χ1) is 10.1. The average Bonchev–Trinajstić information content (AvgIpc) is 3.02. The number of aliphatic carboxylic acids is 1. The largest absolute Gasteiger partial charge is 0.481 e. The summed E-state index contributed by atoms with van der Waals surface area (Å²) in [5.41, 5.74) is 2.37. The van der Waals surface area contributed by atoms with Gasteiger partial charge in [-0.05, 0) is 38.2 Å². The summed E-state index contributed by atoms with van der Waals surface area (Å²) < 4.78 is 0. The van der Waals surface area contributed by atoms with Gasteiger partial charge in [-0.25, -0.2) is 0 Å². The Balaban J connectivity index is 1.63. The molecule has 4 heteroatoms. The minimum atomic E-state index is -0.751. The van der Waals surface area contributed by atoms with Crippen molar-refractivity contribution in [2.45, 2.75) is 51.1 Å². The summed E-state index contributed by atoms with van der Waals surface area (Å²) in [5.74, 6) is -0.988. The van der Waals surface area contributed by atoms with Crippen molar-refractivity contribution < 1.29 is 14.7 Å². The summed E-state index contributed by atoms with van der Waals surface area (Å²) in [4.78, 5) is 25.6. The molecule has 1 N–H and O–H groups in total. The van der Waals surface area contributed by atoms with Crippen LogP contribution in [0.15, 0.2) is 24.3 Å². The van der Waals surface area contributed by atoms with Gasteiger partial charge in [0, 0.05) is 18.5 Å². The zero-order valence-electron chi connectivity index (χ0n) is 12.3. The van der Waals surface area contributed by atoms with E-state index in [1.54, 1.807) is 0 Å². The standard InChI is InChI=1S/C17H21NO3/c1-11-3-2-4-12(9-11)5-8-16(19)18-13-6-7-15(18)14(10-13)17(20)21/h2-4,9,13-15H,5-8,10H2,1H3,(H,20,21). The molecule has 2 bridgehead atoms. The van der Waals surface area contributed by atoms with Crippen molar-refractivity contribution in [2.75, 3.05) is 0 Å². The monoisotopic (exact) mass is 287 g/mol. The van der Waals surface area contributed by atoms with Gasteiger partial charge in [0.05, 0.1) is 5.92 Å². The zero-order valence-corrected chi connectivity index (χ0v) is 12.3. The van der Waals surface area contributed by atoms with Crippen molar-refractivity contribution in [2.24, 2.45) is 5.92 Å². The van der Waals surface area contributed by atoms with Crippen molar-refractivity contribution in [3.05, 3.63) is 35.4 Å². The highest BCUT2D eigenvalue weighted by atomic mass is 16.4. The second kappa shape index (κ2) is 5.51. The molecule has 112 valence electrons. The van der Waals surface area contributed by atoms with Crippen LogP contribution in [0.4, 0.5) is 0 Å². The van der Waals surface area contributed by atoms with Crippen molar-refractivity contribution in [3.63, 3.8) is 0 Å². The van der Waals surface area contributed by atoms with Crippen LogP contribution in [0.1, 0.15) is 36.8 Å². The third kappa shape index (κ3) is 2.67. The van der Waals surface area contributed by atoms with E-state index in [2.05, 4.69) is 6.07 Å². The fourth-order valence-corrected chi connectivity index (χ4v) is 3.89. The summed E-state index contributed by atoms with van der Waals surface area (Å²) >= 11 is 0. The van der Waals surface area contributed by atoms with Gasteiger partial charge in [-0.3, -0.25) is 9.59 Å². The highest BCUT2D eigenvalue weighted by Gasteiger charge is 2.50. The highest BCUT2D eigenvalue weighted by molar-refractivity contribution is 5.80. The topological polar surface area (TPSA) is 57.6 Å². The number of carbonyl (C=O) groups excluding carboxylic acids is 1. The van der Waals surface area contributed by atoms with Gasteiger partial charge in [0.2, 0.25) is 5.91 Å². The zero-order chi connectivity index (χ0) is 15.0. The summed E-state index contributed by atoms with van der Waals surface area (Å²) in [6.45, 7) is 2.05. The molecule has 0 aromatic heterocycles. The Kier molecular flexibility index (Phi) is 3.70. The summed E-state index contributed by atoms with van der Waals surface area (Å²) in [6.07, 6.45) is 3.65. The van der Waals surface area contributed by atoms with Crippen LogP contribution in [0.5, 0.6) is 0 Å². The maximum Gasteiger partial charge on any atom is 0.308 e. The molecule has 0 aliphatic carbocycles. The first-order valence-electron chi connectivity index (χ1n) is 7.66. The maximum absolute atomic E-state index is 12.5. The lowest BCUT2D eigenvalue weighted by Gasteiger charge is -2.23. The summed E-state index contributed by atoms with van der Waals surface area (Å²) in [6, 6.07) is 8.28. The third-order valence-corrected chi connectivity index (χ3v) is 4.85. The Bertz CT molecular complexity index is 569. The Labute approximate surface area is 124 Å². The number of hydrogen-bond acceptors (Lipinski definition) is 2. The first kappa shape index (κ1) is 14.1. The van der Waals surface area contributed by atoms with E-state index >= 15 is 0 Å². The second-order valence-corrected chi connectivity index (χ2v) is 6.27. The molecule has 1 amide bonds. The average molecular weight is 287 g/mol. The number of aryl methyl sites for hydroxylation is 2. The Hall–Kier alpha value is -1.84. The van der Waals surface area contributed by atoms with Crippen molar-refractivity contribution in [3.8, 4) is 0 Å². The molecule has 2 aliphatic heterocycles. The fraction of sp³-hybridized carbons (Fsp3) is 0.529. The predicted molar refractivity (Wildman–Crippen MR) is 78.9 cm³/mol. The van der Waals surface area contributed by atoms with Crippen molar-refractivity contribution in [1.82, 2.24) is 4.90 Å². The van der Waals surface area contributed by atoms with Crippen LogP contribution in [0, 0.1) is 12.8 Å². The SMILES string of the molecule is Cc1cccc(CCC(=O)N2C3CCC2C(C(=O)O)C3)c1. The first-order valence-corrected chi connectivity index (χ1v) is 7.66.